The standard InChI is InChI=1S/C10H15N3O2/c1-7-8(12-6-5-11-7)13-9(14)15-10(2,3)4/h5-6H,1-4H3,(H,12,13,14). The van der Waals surface area contributed by atoms with Gasteiger partial charge in [0.25, 0.3) is 0 Å². The number of nitrogens with one attached hydrogen (secondary N) is 1. The lowest BCUT2D eigenvalue weighted by atomic mass is 10.2. The third-order valence-electron chi connectivity index (χ3n) is 1.50. The van der Waals surface area contributed by atoms with Gasteiger partial charge in [-0.1, -0.05) is 0 Å². The second-order valence-corrected chi connectivity index (χ2v) is 4.12. The first-order valence-electron chi connectivity index (χ1n) is 4.66. The average Bonchev–Trinajstić information content (AvgIpc) is 2.05. The molecule has 1 heterocycles. The van der Waals surface area contributed by atoms with Crippen LogP contribution in [0.4, 0.5) is 10.6 Å². The molecule has 0 aliphatic heterocycles. The molecule has 5 nitrogen and oxygen atoms in total. The van der Waals surface area contributed by atoms with Gasteiger partial charge in [0.05, 0.1) is 5.69 Å². The summed E-state index contributed by atoms with van der Waals surface area (Å²) in [7, 11) is 0. The molecule has 1 rings (SSSR count). The molecule has 5 heteroatoms. The van der Waals surface area contributed by atoms with Crippen LogP contribution in [0, 0.1) is 6.92 Å². The molecule has 0 unspecified atom stereocenters. The minimum atomic E-state index is -0.522. The third-order valence-corrected chi connectivity index (χ3v) is 1.50. The van der Waals surface area contributed by atoms with Gasteiger partial charge in [-0.05, 0) is 27.7 Å². The summed E-state index contributed by atoms with van der Waals surface area (Å²) in [6, 6.07) is 0. The van der Waals surface area contributed by atoms with Gasteiger partial charge in [-0.25, -0.2) is 9.78 Å². The highest BCUT2D eigenvalue weighted by Crippen LogP contribution is 2.11. The first-order chi connectivity index (χ1) is 6.88. The summed E-state index contributed by atoms with van der Waals surface area (Å²) in [5.41, 5.74) is 0.142. The predicted octanol–water partition coefficient (Wildman–Crippen LogP) is 2.13. The lowest BCUT2D eigenvalue weighted by Crippen LogP contribution is -2.27. The molecule has 0 aliphatic carbocycles. The Morgan fingerprint density at radius 1 is 1.33 bits per heavy atom. The van der Waals surface area contributed by atoms with E-state index < -0.39 is 11.7 Å². The highest BCUT2D eigenvalue weighted by atomic mass is 16.6. The number of amides is 1. The van der Waals surface area contributed by atoms with Crippen molar-refractivity contribution in [3.63, 3.8) is 0 Å². The van der Waals surface area contributed by atoms with Crippen molar-refractivity contribution < 1.29 is 9.53 Å². The zero-order valence-electron chi connectivity index (χ0n) is 9.37. The first-order valence-corrected chi connectivity index (χ1v) is 4.66. The van der Waals surface area contributed by atoms with E-state index in [1.165, 1.54) is 6.20 Å². The van der Waals surface area contributed by atoms with E-state index >= 15 is 0 Å². The summed E-state index contributed by atoms with van der Waals surface area (Å²) < 4.78 is 5.08. The van der Waals surface area contributed by atoms with Crippen molar-refractivity contribution in [2.45, 2.75) is 33.3 Å². The van der Waals surface area contributed by atoms with Gasteiger partial charge >= 0.3 is 6.09 Å². The molecule has 0 saturated carbocycles. The summed E-state index contributed by atoms with van der Waals surface area (Å²) in [5.74, 6) is 0.423. The third kappa shape index (κ3) is 3.93. The normalized spacial score (nSPS) is 10.9. The van der Waals surface area contributed by atoms with E-state index in [9.17, 15) is 4.79 Å². The molecule has 0 atom stereocenters. The lowest BCUT2D eigenvalue weighted by molar-refractivity contribution is 0.0635. The van der Waals surface area contributed by atoms with E-state index in [4.69, 9.17) is 4.74 Å². The van der Waals surface area contributed by atoms with Crippen LogP contribution in [0.25, 0.3) is 0 Å². The van der Waals surface area contributed by atoms with Crippen LogP contribution in [0.2, 0.25) is 0 Å². The molecule has 0 fully saturated rings. The van der Waals surface area contributed by atoms with Crippen molar-refractivity contribution in [1.82, 2.24) is 9.97 Å². The van der Waals surface area contributed by atoms with Gasteiger partial charge in [0.1, 0.15) is 5.60 Å². The van der Waals surface area contributed by atoms with Crippen LogP contribution in [0.3, 0.4) is 0 Å². The van der Waals surface area contributed by atoms with E-state index in [1.807, 2.05) is 0 Å². The van der Waals surface area contributed by atoms with Crippen molar-refractivity contribution in [1.29, 1.82) is 0 Å². The number of aromatic nitrogens is 2. The molecule has 1 amide bonds. The topological polar surface area (TPSA) is 64.1 Å². The number of ether oxygens (including phenoxy) is 1. The molecule has 1 aromatic rings. The number of aryl methyl sites for hydroxylation is 1. The van der Waals surface area contributed by atoms with Crippen LogP contribution in [-0.2, 0) is 4.74 Å². The summed E-state index contributed by atoms with van der Waals surface area (Å²) in [4.78, 5) is 19.3. The van der Waals surface area contributed by atoms with Crippen molar-refractivity contribution >= 4 is 11.9 Å². The van der Waals surface area contributed by atoms with Crippen molar-refractivity contribution in [3.05, 3.63) is 18.1 Å². The largest absolute Gasteiger partial charge is 0.444 e. The summed E-state index contributed by atoms with van der Waals surface area (Å²) in [6.45, 7) is 7.17. The number of carbonyl (C=O) groups excluding carboxylic acids is 1. The number of rotatable bonds is 1. The van der Waals surface area contributed by atoms with E-state index in [0.717, 1.165) is 0 Å². The average molecular weight is 209 g/mol. The highest BCUT2D eigenvalue weighted by Gasteiger charge is 2.17. The molecule has 0 aromatic carbocycles. The highest BCUT2D eigenvalue weighted by molar-refractivity contribution is 5.84. The second kappa shape index (κ2) is 4.25. The number of anilines is 1. The van der Waals surface area contributed by atoms with Crippen LogP contribution in [0.1, 0.15) is 26.5 Å². The fraction of sp³-hybridized carbons (Fsp3) is 0.500. The Bertz CT molecular complexity index is 358. The molecule has 82 valence electrons. The van der Waals surface area contributed by atoms with Crippen molar-refractivity contribution in [2.24, 2.45) is 0 Å². The maximum absolute atomic E-state index is 11.4. The van der Waals surface area contributed by atoms with Crippen molar-refractivity contribution in [3.8, 4) is 0 Å². The Kier molecular flexibility index (Phi) is 3.24. The molecule has 0 bridgehead atoms. The maximum Gasteiger partial charge on any atom is 0.413 e. The predicted molar refractivity (Wildman–Crippen MR) is 56.6 cm³/mol. The van der Waals surface area contributed by atoms with Gasteiger partial charge in [-0.3, -0.25) is 10.3 Å². The molecule has 1 aromatic heterocycles. The van der Waals surface area contributed by atoms with Gasteiger partial charge < -0.3 is 4.74 Å². The molecule has 0 spiro atoms. The Labute approximate surface area is 88.9 Å². The van der Waals surface area contributed by atoms with Gasteiger partial charge in [0, 0.05) is 12.4 Å². The van der Waals surface area contributed by atoms with E-state index in [0.29, 0.717) is 11.5 Å². The maximum atomic E-state index is 11.4. The fourth-order valence-corrected chi connectivity index (χ4v) is 0.931. The molecule has 1 N–H and O–H groups in total. The minimum Gasteiger partial charge on any atom is -0.444 e. The van der Waals surface area contributed by atoms with E-state index in [2.05, 4.69) is 15.3 Å². The number of nitrogens with zero attached hydrogens (tertiary/aromatic N) is 2. The van der Waals surface area contributed by atoms with Crippen LogP contribution < -0.4 is 5.32 Å². The molecular formula is C10H15N3O2. The zero-order valence-corrected chi connectivity index (χ0v) is 9.37. The smallest absolute Gasteiger partial charge is 0.413 e. The van der Waals surface area contributed by atoms with Crippen LogP contribution in [0.15, 0.2) is 12.4 Å². The number of carbonyl (C=O) groups is 1. The number of hydrogen-bond donors (Lipinski definition) is 1. The molecule has 0 saturated heterocycles. The van der Waals surface area contributed by atoms with E-state index in [1.54, 1.807) is 33.9 Å². The van der Waals surface area contributed by atoms with Gasteiger partial charge in [-0.15, -0.1) is 0 Å². The van der Waals surface area contributed by atoms with Gasteiger partial charge in [-0.2, -0.15) is 0 Å². The second-order valence-electron chi connectivity index (χ2n) is 4.12. The zero-order chi connectivity index (χ0) is 11.5. The molecular weight excluding hydrogens is 194 g/mol. The van der Waals surface area contributed by atoms with Crippen molar-refractivity contribution in [2.75, 3.05) is 5.32 Å². The van der Waals surface area contributed by atoms with Gasteiger partial charge in [0.2, 0.25) is 0 Å². The summed E-state index contributed by atoms with van der Waals surface area (Å²) >= 11 is 0. The lowest BCUT2D eigenvalue weighted by Gasteiger charge is -2.19. The Balaban J connectivity index is 2.64. The molecule has 15 heavy (non-hydrogen) atoms. The quantitative estimate of drug-likeness (QED) is 0.769. The monoisotopic (exact) mass is 209 g/mol. The van der Waals surface area contributed by atoms with Crippen LogP contribution in [0.5, 0.6) is 0 Å². The Morgan fingerprint density at radius 3 is 2.47 bits per heavy atom. The number of hydrogen-bond acceptors (Lipinski definition) is 4. The van der Waals surface area contributed by atoms with Crippen LogP contribution >= 0.6 is 0 Å². The first kappa shape index (κ1) is 11.4. The van der Waals surface area contributed by atoms with Crippen LogP contribution in [-0.4, -0.2) is 21.7 Å². The summed E-state index contributed by atoms with van der Waals surface area (Å²) in [6.07, 6.45) is 2.56. The Hall–Kier alpha value is -1.65. The molecule has 0 aliphatic rings. The SMILES string of the molecule is Cc1nccnc1NC(=O)OC(C)(C)C. The Morgan fingerprint density at radius 2 is 1.93 bits per heavy atom. The minimum absolute atomic E-state index is 0.423. The van der Waals surface area contributed by atoms with Gasteiger partial charge in [0.15, 0.2) is 5.82 Å². The van der Waals surface area contributed by atoms with E-state index in [-0.39, 0.29) is 0 Å². The summed E-state index contributed by atoms with van der Waals surface area (Å²) in [5, 5.41) is 2.53. The molecule has 0 radical (unpaired) electrons. The fourth-order valence-electron chi connectivity index (χ4n) is 0.931.